The summed E-state index contributed by atoms with van der Waals surface area (Å²) in [5, 5.41) is 2.76. The molecule has 8 nitrogen and oxygen atoms in total. The molecule has 0 aliphatic carbocycles. The maximum atomic E-state index is 13.1. The van der Waals surface area contributed by atoms with Crippen molar-refractivity contribution in [1.82, 2.24) is 15.1 Å². The molecule has 29 heavy (non-hydrogen) atoms. The normalized spacial score (nSPS) is 28.1. The lowest BCUT2D eigenvalue weighted by atomic mass is 9.99. The zero-order valence-corrected chi connectivity index (χ0v) is 17.5. The van der Waals surface area contributed by atoms with Crippen LogP contribution in [-0.4, -0.2) is 77.2 Å². The summed E-state index contributed by atoms with van der Waals surface area (Å²) in [5.74, 6) is 0.471. The molecule has 3 aliphatic rings. The molecular formula is C19H23N3O5S2. The van der Waals surface area contributed by atoms with Gasteiger partial charge in [0.25, 0.3) is 5.91 Å². The summed E-state index contributed by atoms with van der Waals surface area (Å²) in [5.41, 5.74) is -0.0331. The van der Waals surface area contributed by atoms with E-state index in [1.807, 2.05) is 30.3 Å². The highest BCUT2D eigenvalue weighted by molar-refractivity contribution is 7.99. The molecule has 4 amide bonds. The Labute approximate surface area is 173 Å². The molecule has 2 atom stereocenters. The van der Waals surface area contributed by atoms with E-state index in [1.165, 1.54) is 4.90 Å². The van der Waals surface area contributed by atoms with Gasteiger partial charge in [0.05, 0.1) is 11.5 Å². The lowest BCUT2D eigenvalue weighted by Crippen LogP contribution is -2.49. The molecule has 1 aromatic rings. The van der Waals surface area contributed by atoms with E-state index in [4.69, 9.17) is 0 Å². The van der Waals surface area contributed by atoms with Crippen LogP contribution in [0.5, 0.6) is 0 Å². The van der Waals surface area contributed by atoms with Gasteiger partial charge in [-0.3, -0.25) is 14.5 Å². The number of rotatable bonds is 5. The van der Waals surface area contributed by atoms with Gasteiger partial charge in [0.2, 0.25) is 5.91 Å². The van der Waals surface area contributed by atoms with Gasteiger partial charge in [-0.2, -0.15) is 11.8 Å². The molecule has 0 unspecified atom stereocenters. The van der Waals surface area contributed by atoms with E-state index in [0.29, 0.717) is 18.6 Å². The van der Waals surface area contributed by atoms with Crippen LogP contribution in [0.1, 0.15) is 18.4 Å². The molecule has 4 rings (SSSR count). The van der Waals surface area contributed by atoms with Crippen molar-refractivity contribution in [3.63, 3.8) is 0 Å². The van der Waals surface area contributed by atoms with Crippen molar-refractivity contribution >= 4 is 39.4 Å². The maximum Gasteiger partial charge on any atom is 0.325 e. The summed E-state index contributed by atoms with van der Waals surface area (Å²) in [6, 6.07) is 8.28. The van der Waals surface area contributed by atoms with Gasteiger partial charge in [0, 0.05) is 18.3 Å². The van der Waals surface area contributed by atoms with Crippen molar-refractivity contribution < 1.29 is 22.8 Å². The number of carbonyl (C=O) groups excluding carboxylic acids is 3. The quantitative estimate of drug-likeness (QED) is 0.678. The Morgan fingerprint density at radius 2 is 2.03 bits per heavy atom. The second-order valence-electron chi connectivity index (χ2n) is 7.77. The summed E-state index contributed by atoms with van der Waals surface area (Å²) in [6.07, 6.45) is 0.920. The molecule has 3 heterocycles. The van der Waals surface area contributed by atoms with Gasteiger partial charge in [0.1, 0.15) is 12.1 Å². The van der Waals surface area contributed by atoms with E-state index in [9.17, 15) is 22.8 Å². The Kier molecular flexibility index (Phi) is 5.32. The Balaban J connectivity index is 1.53. The Bertz CT molecular complexity index is 928. The van der Waals surface area contributed by atoms with Crippen molar-refractivity contribution in [3.8, 4) is 0 Å². The van der Waals surface area contributed by atoms with Crippen molar-refractivity contribution in [2.24, 2.45) is 0 Å². The van der Waals surface area contributed by atoms with Crippen LogP contribution in [0.4, 0.5) is 4.79 Å². The number of carbonyl (C=O) groups is 3. The highest BCUT2D eigenvalue weighted by Gasteiger charge is 2.53. The monoisotopic (exact) mass is 437 g/mol. The van der Waals surface area contributed by atoms with Gasteiger partial charge < -0.3 is 10.2 Å². The smallest absolute Gasteiger partial charge is 0.325 e. The molecule has 1 spiro atoms. The summed E-state index contributed by atoms with van der Waals surface area (Å²) < 4.78 is 23.9. The molecule has 0 bridgehead atoms. The summed E-state index contributed by atoms with van der Waals surface area (Å²) in [4.78, 5) is 40.9. The Hall–Kier alpha value is -2.07. The molecule has 3 aliphatic heterocycles. The summed E-state index contributed by atoms with van der Waals surface area (Å²) in [7, 11) is -3.19. The largest absolute Gasteiger partial charge is 0.333 e. The number of urea groups is 1. The average molecular weight is 438 g/mol. The van der Waals surface area contributed by atoms with Gasteiger partial charge in [-0.05, 0) is 24.2 Å². The third-order valence-electron chi connectivity index (χ3n) is 5.73. The van der Waals surface area contributed by atoms with Crippen LogP contribution < -0.4 is 5.32 Å². The zero-order valence-electron chi connectivity index (χ0n) is 15.9. The highest BCUT2D eigenvalue weighted by Crippen LogP contribution is 2.33. The third-order valence-corrected chi connectivity index (χ3v) is 8.67. The molecule has 0 saturated carbocycles. The van der Waals surface area contributed by atoms with Crippen LogP contribution >= 0.6 is 11.8 Å². The number of nitrogens with zero attached hydrogens (tertiary/aromatic N) is 2. The van der Waals surface area contributed by atoms with Gasteiger partial charge >= 0.3 is 6.03 Å². The van der Waals surface area contributed by atoms with Gasteiger partial charge in [0.15, 0.2) is 9.84 Å². The maximum absolute atomic E-state index is 13.1. The Morgan fingerprint density at radius 1 is 1.28 bits per heavy atom. The predicted octanol–water partition coefficient (Wildman–Crippen LogP) is 0.630. The van der Waals surface area contributed by atoms with E-state index >= 15 is 0 Å². The first-order chi connectivity index (χ1) is 13.8. The number of nitrogens with one attached hydrogen (secondary N) is 1. The van der Waals surface area contributed by atoms with E-state index in [2.05, 4.69) is 5.32 Å². The highest BCUT2D eigenvalue weighted by atomic mass is 32.2. The van der Waals surface area contributed by atoms with Crippen LogP contribution in [-0.2, 0) is 26.0 Å². The molecule has 3 fully saturated rings. The van der Waals surface area contributed by atoms with Gasteiger partial charge in [-0.1, -0.05) is 30.3 Å². The molecule has 156 valence electrons. The van der Waals surface area contributed by atoms with Crippen molar-refractivity contribution in [3.05, 3.63) is 35.9 Å². The van der Waals surface area contributed by atoms with Crippen LogP contribution in [0.25, 0.3) is 0 Å². The number of amides is 4. The minimum Gasteiger partial charge on any atom is -0.333 e. The predicted molar refractivity (Wildman–Crippen MR) is 109 cm³/mol. The Morgan fingerprint density at radius 3 is 2.66 bits per heavy atom. The van der Waals surface area contributed by atoms with Crippen molar-refractivity contribution in [1.29, 1.82) is 0 Å². The SMILES string of the molecule is O=C1N[C@@]2(CCSC2)C(=O)N1CC(=O)N(Cc1ccccc1)[C@H]1CCS(=O)(=O)C1. The van der Waals surface area contributed by atoms with Crippen molar-refractivity contribution in [2.45, 2.75) is 31.0 Å². The fraction of sp³-hybridized carbons (Fsp3) is 0.526. The van der Waals surface area contributed by atoms with E-state index in [-0.39, 0.29) is 30.5 Å². The van der Waals surface area contributed by atoms with Gasteiger partial charge in [-0.15, -0.1) is 0 Å². The number of sulfone groups is 1. The van der Waals surface area contributed by atoms with Crippen molar-refractivity contribution in [2.75, 3.05) is 29.6 Å². The lowest BCUT2D eigenvalue weighted by molar-refractivity contribution is -0.140. The van der Waals surface area contributed by atoms with Crippen LogP contribution in [0.3, 0.4) is 0 Å². The fourth-order valence-electron chi connectivity index (χ4n) is 4.10. The third kappa shape index (κ3) is 4.00. The number of imide groups is 1. The molecule has 10 heteroatoms. The average Bonchev–Trinajstić information content (AvgIpc) is 3.36. The fourth-order valence-corrected chi connectivity index (χ4v) is 7.16. The van der Waals surface area contributed by atoms with Crippen LogP contribution in [0, 0.1) is 0 Å². The second-order valence-corrected chi connectivity index (χ2v) is 11.1. The van der Waals surface area contributed by atoms with E-state index < -0.39 is 33.4 Å². The zero-order chi connectivity index (χ0) is 20.6. The summed E-state index contributed by atoms with van der Waals surface area (Å²) >= 11 is 1.60. The first-order valence-corrected chi connectivity index (χ1v) is 12.5. The molecular weight excluding hydrogens is 414 g/mol. The minimum absolute atomic E-state index is 0.0414. The first-order valence-electron chi connectivity index (χ1n) is 9.55. The number of thioether (sulfide) groups is 1. The van der Waals surface area contributed by atoms with Gasteiger partial charge in [-0.25, -0.2) is 13.2 Å². The first kappa shape index (κ1) is 20.2. The van der Waals surface area contributed by atoms with Crippen LogP contribution in [0.15, 0.2) is 30.3 Å². The minimum atomic E-state index is -3.19. The standard InChI is InChI=1S/C19H23N3O5S2/c23-16(11-22-17(24)19(20-18(22)25)7-8-28-13-19)21(10-14-4-2-1-3-5-14)15-6-9-29(26,27)12-15/h1-5,15H,6-13H2,(H,20,25)/t15-,19+/m0/s1. The molecule has 0 aromatic heterocycles. The molecule has 0 radical (unpaired) electrons. The molecule has 3 saturated heterocycles. The van der Waals surface area contributed by atoms with E-state index in [0.717, 1.165) is 16.2 Å². The summed E-state index contributed by atoms with van der Waals surface area (Å²) in [6.45, 7) is -0.134. The topological polar surface area (TPSA) is 104 Å². The number of hydrogen-bond acceptors (Lipinski definition) is 6. The van der Waals surface area contributed by atoms with E-state index in [1.54, 1.807) is 11.8 Å². The number of benzene rings is 1. The lowest BCUT2D eigenvalue weighted by Gasteiger charge is -2.30. The number of hydrogen-bond donors (Lipinski definition) is 1. The second kappa shape index (κ2) is 7.64. The molecule has 1 N–H and O–H groups in total. The molecule has 1 aromatic carbocycles. The van der Waals surface area contributed by atoms with Crippen LogP contribution in [0.2, 0.25) is 0 Å².